The maximum absolute atomic E-state index is 12.7. The third kappa shape index (κ3) is 4.10. The van der Waals surface area contributed by atoms with Crippen molar-refractivity contribution in [3.8, 4) is 0 Å². The van der Waals surface area contributed by atoms with Gasteiger partial charge in [0.2, 0.25) is 0 Å². The van der Waals surface area contributed by atoms with E-state index in [0.717, 1.165) is 57.1 Å². The number of aromatic nitrogens is 2. The van der Waals surface area contributed by atoms with Crippen LogP contribution in [0.5, 0.6) is 0 Å². The van der Waals surface area contributed by atoms with Crippen molar-refractivity contribution in [2.75, 3.05) is 32.7 Å². The molecule has 0 unspecified atom stereocenters. The van der Waals surface area contributed by atoms with Crippen LogP contribution in [0.2, 0.25) is 0 Å². The number of carbonyl (C=O) groups excluding carboxylic acids is 1. The molecule has 1 fully saturated rings. The molecule has 2 aromatic rings. The van der Waals surface area contributed by atoms with Crippen LogP contribution in [-0.2, 0) is 13.0 Å². The first-order valence-corrected chi connectivity index (χ1v) is 9.17. The molecule has 0 aliphatic carbocycles. The molecule has 25 heavy (non-hydrogen) atoms. The number of rotatable bonds is 5. The summed E-state index contributed by atoms with van der Waals surface area (Å²) in [5, 5.41) is 0. The molecule has 0 N–H and O–H groups in total. The lowest BCUT2D eigenvalue weighted by Gasteiger charge is -2.35. The van der Waals surface area contributed by atoms with Crippen molar-refractivity contribution in [2.45, 2.75) is 33.7 Å². The number of hydrogen-bond acceptors (Lipinski definition) is 3. The van der Waals surface area contributed by atoms with Crippen molar-refractivity contribution in [3.63, 3.8) is 0 Å². The Morgan fingerprint density at radius 3 is 2.52 bits per heavy atom. The average Bonchev–Trinajstić information content (AvgIpc) is 3.09. The Bertz CT molecular complexity index is 729. The third-order valence-electron chi connectivity index (χ3n) is 5.19. The van der Waals surface area contributed by atoms with Crippen LogP contribution in [0.1, 0.15) is 34.2 Å². The van der Waals surface area contributed by atoms with Gasteiger partial charge in [-0.15, -0.1) is 0 Å². The molecule has 5 heteroatoms. The molecule has 134 valence electrons. The molecule has 1 saturated heterocycles. The predicted molar refractivity (Wildman–Crippen MR) is 99.9 cm³/mol. The van der Waals surface area contributed by atoms with E-state index in [2.05, 4.69) is 41.4 Å². The number of imidazole rings is 1. The second-order valence-corrected chi connectivity index (χ2v) is 6.82. The Kier molecular flexibility index (Phi) is 5.53. The summed E-state index contributed by atoms with van der Waals surface area (Å²) in [4.78, 5) is 21.5. The van der Waals surface area contributed by atoms with Crippen LogP contribution >= 0.6 is 0 Å². The van der Waals surface area contributed by atoms with Gasteiger partial charge in [0.1, 0.15) is 5.82 Å². The summed E-state index contributed by atoms with van der Waals surface area (Å²) in [6.45, 7) is 11.7. The van der Waals surface area contributed by atoms with Gasteiger partial charge in [0.15, 0.2) is 0 Å². The first kappa shape index (κ1) is 17.7. The maximum Gasteiger partial charge on any atom is 0.253 e. The van der Waals surface area contributed by atoms with Gasteiger partial charge in [-0.2, -0.15) is 0 Å². The zero-order valence-electron chi connectivity index (χ0n) is 15.5. The van der Waals surface area contributed by atoms with Gasteiger partial charge in [-0.05, 0) is 37.1 Å². The summed E-state index contributed by atoms with van der Waals surface area (Å²) in [5.74, 6) is 1.30. The van der Waals surface area contributed by atoms with Gasteiger partial charge in [-0.1, -0.05) is 13.0 Å². The lowest BCUT2D eigenvalue weighted by atomic mass is 10.1. The van der Waals surface area contributed by atoms with Crippen LogP contribution in [0.4, 0.5) is 0 Å². The minimum atomic E-state index is 0.158. The molecule has 3 rings (SSSR count). The Morgan fingerprint density at radius 1 is 1.08 bits per heavy atom. The second-order valence-electron chi connectivity index (χ2n) is 6.82. The van der Waals surface area contributed by atoms with Gasteiger partial charge in [0, 0.05) is 63.6 Å². The largest absolute Gasteiger partial charge is 0.336 e. The first-order valence-electron chi connectivity index (χ1n) is 9.17. The van der Waals surface area contributed by atoms with E-state index in [0.29, 0.717) is 0 Å². The standard InChI is InChI=1S/C20H28N4O/c1-4-19-21-7-8-23(19)12-9-22-10-13-24(14-11-22)20(25)18-6-5-16(2)17(3)15-18/h5-8,15H,4,9-14H2,1-3H3. The Balaban J connectivity index is 1.51. The fourth-order valence-corrected chi connectivity index (χ4v) is 3.34. The van der Waals surface area contributed by atoms with Crippen molar-refractivity contribution in [3.05, 3.63) is 53.1 Å². The maximum atomic E-state index is 12.7. The van der Waals surface area contributed by atoms with Crippen LogP contribution in [0.15, 0.2) is 30.6 Å². The Hall–Kier alpha value is -2.14. The van der Waals surface area contributed by atoms with Crippen LogP contribution in [0, 0.1) is 13.8 Å². The minimum Gasteiger partial charge on any atom is -0.336 e. The van der Waals surface area contributed by atoms with Gasteiger partial charge in [-0.25, -0.2) is 4.98 Å². The zero-order valence-corrected chi connectivity index (χ0v) is 15.5. The van der Waals surface area contributed by atoms with Crippen LogP contribution in [0.3, 0.4) is 0 Å². The molecular weight excluding hydrogens is 312 g/mol. The number of carbonyl (C=O) groups is 1. The lowest BCUT2D eigenvalue weighted by Crippen LogP contribution is -2.49. The highest BCUT2D eigenvalue weighted by atomic mass is 16.2. The molecule has 1 aromatic heterocycles. The topological polar surface area (TPSA) is 41.4 Å². The third-order valence-corrected chi connectivity index (χ3v) is 5.19. The summed E-state index contributed by atoms with van der Waals surface area (Å²) in [6.07, 6.45) is 4.89. The molecule has 5 nitrogen and oxygen atoms in total. The molecule has 1 amide bonds. The van der Waals surface area contributed by atoms with E-state index >= 15 is 0 Å². The fourth-order valence-electron chi connectivity index (χ4n) is 3.34. The molecule has 0 bridgehead atoms. The molecule has 0 atom stereocenters. The number of benzene rings is 1. The van der Waals surface area contributed by atoms with E-state index in [4.69, 9.17) is 0 Å². The number of aryl methyl sites for hydroxylation is 3. The van der Waals surface area contributed by atoms with E-state index in [1.54, 1.807) is 0 Å². The smallest absolute Gasteiger partial charge is 0.253 e. The molecule has 1 aliphatic heterocycles. The molecule has 2 heterocycles. The summed E-state index contributed by atoms with van der Waals surface area (Å²) < 4.78 is 2.23. The second kappa shape index (κ2) is 7.83. The summed E-state index contributed by atoms with van der Waals surface area (Å²) in [5.41, 5.74) is 3.21. The fraction of sp³-hybridized carbons (Fsp3) is 0.500. The van der Waals surface area contributed by atoms with Gasteiger partial charge >= 0.3 is 0 Å². The lowest BCUT2D eigenvalue weighted by molar-refractivity contribution is 0.0633. The molecule has 1 aliphatic rings. The predicted octanol–water partition coefficient (Wildman–Crippen LogP) is 2.52. The summed E-state index contributed by atoms with van der Waals surface area (Å²) in [7, 11) is 0. The van der Waals surface area contributed by atoms with Gasteiger partial charge < -0.3 is 9.47 Å². The molecule has 0 radical (unpaired) electrons. The van der Waals surface area contributed by atoms with Crippen molar-refractivity contribution >= 4 is 5.91 Å². The van der Waals surface area contributed by atoms with E-state index in [9.17, 15) is 4.79 Å². The normalized spacial score (nSPS) is 15.6. The van der Waals surface area contributed by atoms with Crippen molar-refractivity contribution in [1.82, 2.24) is 19.4 Å². The van der Waals surface area contributed by atoms with Crippen LogP contribution in [0.25, 0.3) is 0 Å². The number of nitrogens with zero attached hydrogens (tertiary/aromatic N) is 4. The van der Waals surface area contributed by atoms with Crippen LogP contribution < -0.4 is 0 Å². The number of amides is 1. The minimum absolute atomic E-state index is 0.158. The van der Waals surface area contributed by atoms with Crippen molar-refractivity contribution in [1.29, 1.82) is 0 Å². The highest BCUT2D eigenvalue weighted by Crippen LogP contribution is 2.14. The average molecular weight is 340 g/mol. The number of piperazine rings is 1. The number of hydrogen-bond donors (Lipinski definition) is 0. The van der Waals surface area contributed by atoms with E-state index in [1.807, 2.05) is 29.3 Å². The van der Waals surface area contributed by atoms with Gasteiger partial charge in [0.25, 0.3) is 5.91 Å². The van der Waals surface area contributed by atoms with Crippen LogP contribution in [-0.4, -0.2) is 58.0 Å². The molecule has 0 saturated carbocycles. The molecular formula is C20H28N4O. The first-order chi connectivity index (χ1) is 12.1. The summed E-state index contributed by atoms with van der Waals surface area (Å²) >= 11 is 0. The van der Waals surface area contributed by atoms with E-state index in [1.165, 1.54) is 11.1 Å². The highest BCUT2D eigenvalue weighted by Gasteiger charge is 2.22. The summed E-state index contributed by atoms with van der Waals surface area (Å²) in [6, 6.07) is 5.99. The Morgan fingerprint density at radius 2 is 1.84 bits per heavy atom. The molecule has 0 spiro atoms. The zero-order chi connectivity index (χ0) is 17.8. The van der Waals surface area contributed by atoms with E-state index in [-0.39, 0.29) is 5.91 Å². The van der Waals surface area contributed by atoms with Crippen molar-refractivity contribution < 1.29 is 4.79 Å². The molecule has 1 aromatic carbocycles. The van der Waals surface area contributed by atoms with Crippen molar-refractivity contribution in [2.24, 2.45) is 0 Å². The highest BCUT2D eigenvalue weighted by molar-refractivity contribution is 5.94. The van der Waals surface area contributed by atoms with E-state index < -0.39 is 0 Å². The quantitative estimate of drug-likeness (QED) is 0.840. The van der Waals surface area contributed by atoms with Gasteiger partial charge in [0.05, 0.1) is 0 Å². The monoisotopic (exact) mass is 340 g/mol. The SMILES string of the molecule is CCc1nccn1CCN1CCN(C(=O)c2ccc(C)c(C)c2)CC1. The van der Waals surface area contributed by atoms with Gasteiger partial charge in [-0.3, -0.25) is 9.69 Å². The Labute approximate surface area is 150 Å².